The largest absolute Gasteiger partial charge is 0.347 e. The summed E-state index contributed by atoms with van der Waals surface area (Å²) >= 11 is 1.76. The minimum absolute atomic E-state index is 1.03. The van der Waals surface area contributed by atoms with E-state index in [1.165, 1.54) is 27.0 Å². The topological polar surface area (TPSA) is 17.8 Å². The summed E-state index contributed by atoms with van der Waals surface area (Å²) in [7, 11) is 0. The van der Waals surface area contributed by atoms with Crippen molar-refractivity contribution in [2.75, 3.05) is 0 Å². The lowest BCUT2D eigenvalue weighted by Gasteiger charge is -2.08. The monoisotopic (exact) mass is 270 g/mol. The number of hydrogen-bond donors (Lipinski definition) is 0. The molecule has 0 aliphatic carbocycles. The Morgan fingerprint density at radius 3 is 2.89 bits per heavy atom. The molecule has 0 aliphatic rings. The van der Waals surface area contributed by atoms with Gasteiger partial charge in [-0.3, -0.25) is 0 Å². The summed E-state index contributed by atoms with van der Waals surface area (Å²) in [5.41, 5.74) is 5.95. The summed E-state index contributed by atoms with van der Waals surface area (Å²) in [6.07, 6.45) is 4.36. The van der Waals surface area contributed by atoms with Crippen LogP contribution >= 0.6 is 11.3 Å². The number of thiazole rings is 1. The van der Waals surface area contributed by atoms with Crippen LogP contribution in [0, 0.1) is 6.92 Å². The summed E-state index contributed by atoms with van der Waals surface area (Å²) in [5, 5.41) is 1.35. The first kappa shape index (κ1) is 12.4. The van der Waals surface area contributed by atoms with E-state index in [-0.39, 0.29) is 0 Å². The van der Waals surface area contributed by atoms with Crippen molar-refractivity contribution in [1.29, 1.82) is 0 Å². The smallest absolute Gasteiger partial charge is 0.0797 e. The Balaban J connectivity index is 1.91. The molecule has 19 heavy (non-hydrogen) atoms. The molecule has 2 heterocycles. The number of fused-ring (bicyclic) bond motifs is 1. The molecule has 0 spiro atoms. The van der Waals surface area contributed by atoms with Gasteiger partial charge in [0.25, 0.3) is 0 Å². The van der Waals surface area contributed by atoms with Crippen molar-refractivity contribution < 1.29 is 0 Å². The van der Waals surface area contributed by atoms with Crippen LogP contribution in [-0.4, -0.2) is 9.55 Å². The molecule has 2 nitrogen and oxygen atoms in total. The van der Waals surface area contributed by atoms with Gasteiger partial charge in [0.15, 0.2) is 0 Å². The third-order valence-electron chi connectivity index (χ3n) is 3.68. The van der Waals surface area contributed by atoms with E-state index in [1.807, 2.05) is 5.51 Å². The first-order chi connectivity index (χ1) is 9.29. The molecule has 1 aromatic carbocycles. The number of aryl methyl sites for hydroxylation is 4. The number of nitrogens with zero attached hydrogens (tertiary/aromatic N) is 2. The van der Waals surface area contributed by atoms with Crippen LogP contribution in [-0.2, 0) is 19.4 Å². The van der Waals surface area contributed by atoms with Crippen LogP contribution in [0.25, 0.3) is 10.9 Å². The van der Waals surface area contributed by atoms with E-state index < -0.39 is 0 Å². The van der Waals surface area contributed by atoms with E-state index in [1.54, 1.807) is 11.3 Å². The molecule has 0 saturated heterocycles. The van der Waals surface area contributed by atoms with Crippen LogP contribution in [0.2, 0.25) is 0 Å². The second kappa shape index (κ2) is 5.17. The summed E-state index contributed by atoms with van der Waals surface area (Å²) in [6.45, 7) is 5.35. The van der Waals surface area contributed by atoms with E-state index in [2.05, 4.69) is 53.9 Å². The van der Waals surface area contributed by atoms with Gasteiger partial charge >= 0.3 is 0 Å². The van der Waals surface area contributed by atoms with Crippen molar-refractivity contribution in [2.24, 2.45) is 0 Å². The van der Waals surface area contributed by atoms with Gasteiger partial charge in [0, 0.05) is 24.0 Å². The fourth-order valence-corrected chi connectivity index (χ4v) is 3.37. The summed E-state index contributed by atoms with van der Waals surface area (Å²) in [4.78, 5) is 5.72. The van der Waals surface area contributed by atoms with Gasteiger partial charge < -0.3 is 4.57 Å². The van der Waals surface area contributed by atoms with Crippen LogP contribution in [0.15, 0.2) is 36.0 Å². The molecule has 3 rings (SSSR count). The minimum atomic E-state index is 1.03. The second-order valence-corrected chi connectivity index (χ2v) is 5.77. The average Bonchev–Trinajstić information content (AvgIpc) is 3.02. The Hall–Kier alpha value is -1.61. The van der Waals surface area contributed by atoms with Gasteiger partial charge in [0.1, 0.15) is 0 Å². The fourth-order valence-electron chi connectivity index (χ4n) is 2.60. The zero-order valence-corrected chi connectivity index (χ0v) is 12.2. The van der Waals surface area contributed by atoms with Crippen LogP contribution in [0.5, 0.6) is 0 Å². The van der Waals surface area contributed by atoms with E-state index in [9.17, 15) is 0 Å². The molecule has 2 aromatic heterocycles. The molecule has 0 saturated carbocycles. The van der Waals surface area contributed by atoms with Crippen molar-refractivity contribution in [3.63, 3.8) is 0 Å². The van der Waals surface area contributed by atoms with Crippen molar-refractivity contribution in [3.8, 4) is 0 Å². The highest BCUT2D eigenvalue weighted by Crippen LogP contribution is 2.22. The van der Waals surface area contributed by atoms with Crippen LogP contribution in [0.4, 0.5) is 0 Å². The number of hydrogen-bond acceptors (Lipinski definition) is 2. The van der Waals surface area contributed by atoms with Gasteiger partial charge in [-0.25, -0.2) is 4.98 Å². The highest BCUT2D eigenvalue weighted by atomic mass is 32.1. The summed E-state index contributed by atoms with van der Waals surface area (Å²) in [6, 6.07) is 8.80. The second-order valence-electron chi connectivity index (χ2n) is 4.83. The Kier molecular flexibility index (Phi) is 3.38. The highest BCUT2D eigenvalue weighted by Gasteiger charge is 2.07. The number of para-hydroxylation sites is 1. The Labute approximate surface area is 117 Å². The molecule has 0 N–H and O–H groups in total. The van der Waals surface area contributed by atoms with Gasteiger partial charge in [0.2, 0.25) is 0 Å². The van der Waals surface area contributed by atoms with E-state index in [4.69, 9.17) is 0 Å². The summed E-state index contributed by atoms with van der Waals surface area (Å²) in [5.74, 6) is 0. The molecule has 3 aromatic rings. The first-order valence-corrected chi connectivity index (χ1v) is 7.63. The lowest BCUT2D eigenvalue weighted by Crippen LogP contribution is -2.01. The van der Waals surface area contributed by atoms with Crippen LogP contribution in [0.3, 0.4) is 0 Å². The number of aromatic nitrogens is 2. The number of benzene rings is 1. The third kappa shape index (κ3) is 2.30. The quantitative estimate of drug-likeness (QED) is 0.694. The highest BCUT2D eigenvalue weighted by molar-refractivity contribution is 7.09. The zero-order valence-electron chi connectivity index (χ0n) is 11.4. The Morgan fingerprint density at radius 1 is 1.26 bits per heavy atom. The normalized spacial score (nSPS) is 11.3. The Morgan fingerprint density at radius 2 is 2.16 bits per heavy atom. The lowest BCUT2D eigenvalue weighted by atomic mass is 10.1. The predicted molar refractivity (Wildman–Crippen MR) is 81.9 cm³/mol. The maximum Gasteiger partial charge on any atom is 0.0797 e. The maximum atomic E-state index is 4.32. The molecule has 98 valence electrons. The van der Waals surface area contributed by atoms with Gasteiger partial charge in [0.05, 0.1) is 16.7 Å². The van der Waals surface area contributed by atoms with E-state index >= 15 is 0 Å². The fraction of sp³-hybridized carbons (Fsp3) is 0.312. The average molecular weight is 270 g/mol. The SMILES string of the molecule is CCc1cccc2ccn(CCc3scnc3C)c12. The molecular formula is C16H18N2S. The molecular weight excluding hydrogens is 252 g/mol. The van der Waals surface area contributed by atoms with Gasteiger partial charge in [-0.2, -0.15) is 0 Å². The third-order valence-corrected chi connectivity index (χ3v) is 4.67. The molecule has 0 bridgehead atoms. The van der Waals surface area contributed by atoms with Crippen molar-refractivity contribution in [3.05, 3.63) is 52.1 Å². The van der Waals surface area contributed by atoms with Crippen LogP contribution < -0.4 is 0 Å². The van der Waals surface area contributed by atoms with E-state index in [0.29, 0.717) is 0 Å². The molecule has 3 heteroatoms. The minimum Gasteiger partial charge on any atom is -0.347 e. The first-order valence-electron chi connectivity index (χ1n) is 6.75. The standard InChI is InChI=1S/C16H18N2S/c1-3-13-5-4-6-14-7-9-18(16(13)14)10-8-15-12(2)17-11-19-15/h4-7,9,11H,3,8,10H2,1-2H3. The summed E-state index contributed by atoms with van der Waals surface area (Å²) < 4.78 is 2.38. The molecule has 0 amide bonds. The number of rotatable bonds is 4. The van der Waals surface area contributed by atoms with Gasteiger partial charge in [-0.1, -0.05) is 25.1 Å². The lowest BCUT2D eigenvalue weighted by molar-refractivity contribution is 0.723. The van der Waals surface area contributed by atoms with E-state index in [0.717, 1.165) is 19.4 Å². The molecule has 0 atom stereocenters. The zero-order chi connectivity index (χ0) is 13.2. The Bertz CT molecular complexity index is 694. The molecule has 0 radical (unpaired) electrons. The predicted octanol–water partition coefficient (Wildman–Crippen LogP) is 4.21. The maximum absolute atomic E-state index is 4.32. The van der Waals surface area contributed by atoms with Crippen LogP contribution in [0.1, 0.15) is 23.1 Å². The molecule has 0 fully saturated rings. The van der Waals surface area contributed by atoms with Crippen molar-refractivity contribution in [2.45, 2.75) is 33.2 Å². The van der Waals surface area contributed by atoms with Gasteiger partial charge in [-0.15, -0.1) is 11.3 Å². The van der Waals surface area contributed by atoms with Crippen molar-refractivity contribution in [1.82, 2.24) is 9.55 Å². The molecule has 0 unspecified atom stereocenters. The van der Waals surface area contributed by atoms with Gasteiger partial charge in [-0.05, 0) is 30.4 Å². The molecule has 0 aliphatic heterocycles. The van der Waals surface area contributed by atoms with Crippen molar-refractivity contribution >= 4 is 22.2 Å².